The third kappa shape index (κ3) is 5.95. The minimum atomic E-state index is -1.21. The van der Waals surface area contributed by atoms with Gasteiger partial charge in [-0.2, -0.15) is 0 Å². The number of halogens is 1. The Morgan fingerprint density at radius 3 is 2.22 bits per heavy atom. The van der Waals surface area contributed by atoms with Crippen molar-refractivity contribution in [1.82, 2.24) is 4.31 Å². The van der Waals surface area contributed by atoms with Crippen molar-refractivity contribution in [2.24, 2.45) is 0 Å². The normalized spacial score (nSPS) is 18.4. The van der Waals surface area contributed by atoms with E-state index in [0.717, 1.165) is 17.2 Å². The summed E-state index contributed by atoms with van der Waals surface area (Å²) in [6, 6.07) is 9.32. The first-order valence-electron chi connectivity index (χ1n) is 9.50. The van der Waals surface area contributed by atoms with E-state index in [9.17, 15) is 4.55 Å². The summed E-state index contributed by atoms with van der Waals surface area (Å²) in [6.07, 6.45) is 0. The zero-order valence-corrected chi connectivity index (χ0v) is 20.1. The standard InChI is InChI=1S/C20H34ClNO3SSi/c1-19(2,3)26(23)22(16-24-11-12-27(4,5)6)20(14-25-15-20)18-9-7-17(13-21)8-10-18/h7-10H,11-16H2,1-6H3. The van der Waals surface area contributed by atoms with E-state index in [1.165, 1.54) is 0 Å². The molecule has 0 bridgehead atoms. The molecular formula is C20H34ClNO3SSi. The lowest BCUT2D eigenvalue weighted by atomic mass is 9.87. The molecule has 1 saturated heterocycles. The van der Waals surface area contributed by atoms with Crippen LogP contribution in [0.1, 0.15) is 31.9 Å². The lowest BCUT2D eigenvalue weighted by Gasteiger charge is -2.50. The molecule has 0 aliphatic carbocycles. The number of ether oxygens (including phenoxy) is 2. The first kappa shape index (κ1) is 23.2. The van der Waals surface area contributed by atoms with Crippen molar-refractivity contribution >= 4 is 31.0 Å². The van der Waals surface area contributed by atoms with Gasteiger partial charge >= 0.3 is 0 Å². The summed E-state index contributed by atoms with van der Waals surface area (Å²) in [7, 11) is -1.16. The highest BCUT2D eigenvalue weighted by Crippen LogP contribution is 2.40. The van der Waals surface area contributed by atoms with Gasteiger partial charge in [0.1, 0.15) is 17.0 Å². The van der Waals surface area contributed by atoms with Gasteiger partial charge in [-0.25, -0.2) is 0 Å². The Bertz CT molecular complexity index is 597. The predicted molar refractivity (Wildman–Crippen MR) is 117 cm³/mol. The smallest absolute Gasteiger partial charge is 0.143 e. The quantitative estimate of drug-likeness (QED) is 0.186. The average Bonchev–Trinajstić information content (AvgIpc) is 2.54. The van der Waals surface area contributed by atoms with Gasteiger partial charge in [0.2, 0.25) is 0 Å². The molecule has 0 saturated carbocycles. The molecular weight excluding hydrogens is 398 g/mol. The molecule has 0 N–H and O–H groups in total. The van der Waals surface area contributed by atoms with E-state index in [0.29, 0.717) is 32.4 Å². The van der Waals surface area contributed by atoms with E-state index in [-0.39, 0.29) is 4.75 Å². The largest absolute Gasteiger partial charge is 0.597 e. The van der Waals surface area contributed by atoms with Gasteiger partial charge in [-0.3, -0.25) is 0 Å². The molecule has 0 radical (unpaired) electrons. The number of hydrogen-bond donors (Lipinski definition) is 0. The molecule has 1 aromatic carbocycles. The van der Waals surface area contributed by atoms with Gasteiger partial charge < -0.3 is 14.0 Å². The molecule has 1 heterocycles. The van der Waals surface area contributed by atoms with Gasteiger partial charge in [0, 0.05) is 31.9 Å². The Morgan fingerprint density at radius 1 is 1.22 bits per heavy atom. The summed E-state index contributed by atoms with van der Waals surface area (Å²) >= 11 is 4.72. The lowest BCUT2D eigenvalue weighted by molar-refractivity contribution is -0.139. The summed E-state index contributed by atoms with van der Waals surface area (Å²) in [5.74, 6) is 0.487. The van der Waals surface area contributed by atoms with Crippen molar-refractivity contribution in [3.63, 3.8) is 0 Å². The third-order valence-electron chi connectivity index (χ3n) is 4.73. The summed E-state index contributed by atoms with van der Waals surface area (Å²) in [5, 5.41) is 0. The van der Waals surface area contributed by atoms with Crippen LogP contribution >= 0.6 is 11.6 Å². The zero-order valence-electron chi connectivity index (χ0n) is 17.5. The van der Waals surface area contributed by atoms with Crippen LogP contribution in [0.5, 0.6) is 0 Å². The molecule has 27 heavy (non-hydrogen) atoms. The van der Waals surface area contributed by atoms with Crippen LogP contribution < -0.4 is 0 Å². The van der Waals surface area contributed by atoms with Crippen molar-refractivity contribution in [1.29, 1.82) is 0 Å². The van der Waals surface area contributed by atoms with Gasteiger partial charge in [0.15, 0.2) is 0 Å². The van der Waals surface area contributed by atoms with Crippen LogP contribution in [0.15, 0.2) is 24.3 Å². The molecule has 0 spiro atoms. The van der Waals surface area contributed by atoms with E-state index in [2.05, 4.69) is 31.8 Å². The molecule has 1 aliphatic heterocycles. The minimum Gasteiger partial charge on any atom is -0.597 e. The van der Waals surface area contributed by atoms with E-state index < -0.39 is 25.0 Å². The lowest BCUT2D eigenvalue weighted by Crippen LogP contribution is -2.64. The monoisotopic (exact) mass is 431 g/mol. The highest BCUT2D eigenvalue weighted by atomic mass is 35.5. The molecule has 2 rings (SSSR count). The Labute approximate surface area is 173 Å². The number of alkyl halides is 1. The van der Waals surface area contributed by atoms with Gasteiger partial charge in [0.05, 0.1) is 13.2 Å². The summed E-state index contributed by atoms with van der Waals surface area (Å²) in [6.45, 7) is 15.1. The fourth-order valence-corrected chi connectivity index (χ4v) is 5.14. The van der Waals surface area contributed by atoms with Crippen LogP contribution in [0.4, 0.5) is 0 Å². The first-order valence-corrected chi connectivity index (χ1v) is 14.8. The van der Waals surface area contributed by atoms with Crippen LogP contribution in [0.25, 0.3) is 0 Å². The van der Waals surface area contributed by atoms with Crippen molar-refractivity contribution in [2.75, 3.05) is 26.6 Å². The second kappa shape index (κ2) is 9.16. The van der Waals surface area contributed by atoms with Crippen LogP contribution in [0.2, 0.25) is 25.7 Å². The molecule has 0 amide bonds. The molecule has 7 heteroatoms. The number of hydrogen-bond acceptors (Lipinski definition) is 4. The maximum atomic E-state index is 13.4. The van der Waals surface area contributed by atoms with Gasteiger partial charge in [-0.15, -0.1) is 11.6 Å². The molecule has 1 unspecified atom stereocenters. The predicted octanol–water partition coefficient (Wildman–Crippen LogP) is 4.73. The molecule has 154 valence electrons. The molecule has 1 aliphatic rings. The second-order valence-electron chi connectivity index (χ2n) is 9.44. The van der Waals surface area contributed by atoms with Crippen LogP contribution in [-0.4, -0.2) is 48.2 Å². The molecule has 1 fully saturated rings. The Morgan fingerprint density at radius 2 is 1.81 bits per heavy atom. The van der Waals surface area contributed by atoms with Crippen LogP contribution in [0, 0.1) is 0 Å². The maximum absolute atomic E-state index is 13.4. The van der Waals surface area contributed by atoms with E-state index in [4.69, 9.17) is 21.1 Å². The SMILES string of the molecule is CC(C)(C)[S+]([O-])N(COCC[Si](C)(C)C)C1(c2ccc(CCl)cc2)COC1. The highest BCUT2D eigenvalue weighted by Gasteiger charge is 2.54. The number of benzene rings is 1. The molecule has 4 nitrogen and oxygen atoms in total. The summed E-state index contributed by atoms with van der Waals surface area (Å²) in [5.41, 5.74) is 1.77. The maximum Gasteiger partial charge on any atom is 0.143 e. The zero-order chi connectivity index (χ0) is 20.3. The molecule has 1 aromatic rings. The van der Waals surface area contributed by atoms with Crippen LogP contribution in [0.3, 0.4) is 0 Å². The molecule has 1 atom stereocenters. The van der Waals surface area contributed by atoms with Crippen molar-refractivity contribution in [2.45, 2.75) is 62.6 Å². The van der Waals surface area contributed by atoms with E-state index in [1.807, 2.05) is 37.2 Å². The highest BCUT2D eigenvalue weighted by molar-refractivity contribution is 7.90. The Hall–Kier alpha value is -0.0831. The summed E-state index contributed by atoms with van der Waals surface area (Å²) in [4.78, 5) is 0. The fourth-order valence-electron chi connectivity index (χ4n) is 2.84. The average molecular weight is 432 g/mol. The van der Waals surface area contributed by atoms with Gasteiger partial charge in [0.25, 0.3) is 0 Å². The van der Waals surface area contributed by atoms with E-state index >= 15 is 0 Å². The summed E-state index contributed by atoms with van der Waals surface area (Å²) < 4.78 is 26.6. The third-order valence-corrected chi connectivity index (χ3v) is 8.65. The first-order chi connectivity index (χ1) is 12.5. The number of rotatable bonds is 9. The topological polar surface area (TPSA) is 44.8 Å². The Kier molecular flexibility index (Phi) is 7.87. The van der Waals surface area contributed by atoms with Crippen molar-refractivity contribution in [3.8, 4) is 0 Å². The van der Waals surface area contributed by atoms with Gasteiger partial charge in [-0.1, -0.05) is 48.2 Å². The van der Waals surface area contributed by atoms with Crippen molar-refractivity contribution in [3.05, 3.63) is 35.4 Å². The van der Waals surface area contributed by atoms with E-state index in [1.54, 1.807) is 0 Å². The van der Waals surface area contributed by atoms with Crippen LogP contribution in [-0.2, 0) is 32.3 Å². The second-order valence-corrected chi connectivity index (χ2v) is 17.5. The van der Waals surface area contributed by atoms with Crippen molar-refractivity contribution < 1.29 is 14.0 Å². The fraction of sp³-hybridized carbons (Fsp3) is 0.700. The Balaban J connectivity index is 2.23. The number of nitrogens with zero attached hydrogens (tertiary/aromatic N) is 1. The minimum absolute atomic E-state index is 0.342. The van der Waals surface area contributed by atoms with Gasteiger partial charge in [-0.05, 0) is 37.9 Å². The molecule has 0 aromatic heterocycles.